The zero-order valence-electron chi connectivity index (χ0n) is 13.9. The molecule has 0 aromatic heterocycles. The summed E-state index contributed by atoms with van der Waals surface area (Å²) in [5.41, 5.74) is 7.95. The van der Waals surface area contributed by atoms with Crippen molar-refractivity contribution in [3.63, 3.8) is 0 Å². The van der Waals surface area contributed by atoms with Crippen molar-refractivity contribution < 1.29 is 9.59 Å². The van der Waals surface area contributed by atoms with Crippen LogP contribution in [0, 0.1) is 0 Å². The molecule has 130 valence electrons. The fourth-order valence-corrected chi connectivity index (χ4v) is 2.81. The summed E-state index contributed by atoms with van der Waals surface area (Å²) < 4.78 is 0. The van der Waals surface area contributed by atoms with Crippen LogP contribution < -0.4 is 21.5 Å². The van der Waals surface area contributed by atoms with Gasteiger partial charge >= 0.3 is 0 Å². The van der Waals surface area contributed by atoms with Gasteiger partial charge in [-0.2, -0.15) is 0 Å². The maximum atomic E-state index is 12.2. The Kier molecular flexibility index (Phi) is 5.77. The number of hydrazine groups is 1. The fraction of sp³-hybridized carbons (Fsp3) is 0.263. The second-order valence-electron chi connectivity index (χ2n) is 5.95. The van der Waals surface area contributed by atoms with Crippen molar-refractivity contribution in [3.8, 4) is 0 Å². The van der Waals surface area contributed by atoms with Crippen molar-refractivity contribution in [1.82, 2.24) is 21.5 Å². The van der Waals surface area contributed by atoms with E-state index in [-0.39, 0.29) is 23.9 Å². The van der Waals surface area contributed by atoms with Crippen molar-refractivity contribution in [2.75, 3.05) is 13.1 Å². The van der Waals surface area contributed by atoms with Crippen LogP contribution in [0.2, 0.25) is 0 Å². The third-order valence-electron chi connectivity index (χ3n) is 4.17. The molecule has 0 spiro atoms. The van der Waals surface area contributed by atoms with E-state index in [0.29, 0.717) is 25.1 Å². The van der Waals surface area contributed by atoms with Crippen LogP contribution in [0.4, 0.5) is 0 Å². The van der Waals surface area contributed by atoms with Gasteiger partial charge in [-0.3, -0.25) is 9.59 Å². The van der Waals surface area contributed by atoms with E-state index in [1.165, 1.54) is 0 Å². The monoisotopic (exact) mass is 338 g/mol. The molecule has 3 rings (SSSR count). The SMILES string of the molecule is O=C(NCCNC(=O)C1CC(c2ccccc2)NN1)c1ccccc1. The third kappa shape index (κ3) is 4.65. The molecular formula is C19H22N4O2. The quantitative estimate of drug-likeness (QED) is 0.596. The molecule has 2 aromatic carbocycles. The Morgan fingerprint density at radius 2 is 1.52 bits per heavy atom. The van der Waals surface area contributed by atoms with Gasteiger partial charge in [0.05, 0.1) is 0 Å². The molecule has 6 nitrogen and oxygen atoms in total. The average molecular weight is 338 g/mol. The van der Waals surface area contributed by atoms with E-state index in [1.54, 1.807) is 12.1 Å². The lowest BCUT2D eigenvalue weighted by molar-refractivity contribution is -0.122. The summed E-state index contributed by atoms with van der Waals surface area (Å²) >= 11 is 0. The minimum atomic E-state index is -0.282. The summed E-state index contributed by atoms with van der Waals surface area (Å²) in [4.78, 5) is 24.1. The molecule has 0 saturated carbocycles. The Morgan fingerprint density at radius 3 is 2.24 bits per heavy atom. The van der Waals surface area contributed by atoms with E-state index in [1.807, 2.05) is 48.5 Å². The number of hydrogen-bond acceptors (Lipinski definition) is 4. The van der Waals surface area contributed by atoms with Crippen LogP contribution in [0.3, 0.4) is 0 Å². The fourth-order valence-electron chi connectivity index (χ4n) is 2.81. The number of hydrogen-bond donors (Lipinski definition) is 4. The van der Waals surface area contributed by atoms with Gasteiger partial charge in [0.25, 0.3) is 5.91 Å². The first-order valence-electron chi connectivity index (χ1n) is 8.41. The van der Waals surface area contributed by atoms with Crippen molar-refractivity contribution in [2.45, 2.75) is 18.5 Å². The second-order valence-corrected chi connectivity index (χ2v) is 5.95. The molecule has 2 atom stereocenters. The molecule has 2 aromatic rings. The summed E-state index contributed by atoms with van der Waals surface area (Å²) in [5.74, 6) is -0.209. The van der Waals surface area contributed by atoms with Crippen molar-refractivity contribution in [1.29, 1.82) is 0 Å². The topological polar surface area (TPSA) is 82.3 Å². The first-order valence-corrected chi connectivity index (χ1v) is 8.41. The predicted octanol–water partition coefficient (Wildman–Crippen LogP) is 1.14. The molecule has 1 saturated heterocycles. The van der Waals surface area contributed by atoms with E-state index in [0.717, 1.165) is 5.56 Å². The molecule has 2 amide bonds. The van der Waals surface area contributed by atoms with Gasteiger partial charge in [0.15, 0.2) is 0 Å². The molecule has 0 radical (unpaired) electrons. The number of benzene rings is 2. The van der Waals surface area contributed by atoms with Gasteiger partial charge in [0, 0.05) is 24.7 Å². The Balaban J connectivity index is 1.38. The van der Waals surface area contributed by atoms with Gasteiger partial charge in [0.1, 0.15) is 6.04 Å². The minimum Gasteiger partial charge on any atom is -0.353 e. The second kappa shape index (κ2) is 8.41. The molecule has 1 fully saturated rings. The zero-order chi connectivity index (χ0) is 17.5. The summed E-state index contributed by atoms with van der Waals surface area (Å²) in [5, 5.41) is 5.64. The van der Waals surface area contributed by atoms with Crippen LogP contribution >= 0.6 is 0 Å². The standard InChI is InChI=1S/C19H22N4O2/c24-18(15-9-5-2-6-10-15)20-11-12-21-19(25)17-13-16(22-23-17)14-7-3-1-4-8-14/h1-10,16-17,22-23H,11-13H2,(H,20,24)(H,21,25). The number of carbonyl (C=O) groups is 2. The van der Waals surface area contributed by atoms with Crippen molar-refractivity contribution in [2.24, 2.45) is 0 Å². The first kappa shape index (κ1) is 17.1. The van der Waals surface area contributed by atoms with E-state index >= 15 is 0 Å². The van der Waals surface area contributed by atoms with E-state index in [4.69, 9.17) is 0 Å². The highest BCUT2D eigenvalue weighted by Gasteiger charge is 2.29. The highest BCUT2D eigenvalue weighted by molar-refractivity contribution is 5.94. The van der Waals surface area contributed by atoms with Gasteiger partial charge < -0.3 is 10.6 Å². The molecule has 0 aliphatic carbocycles. The summed E-state index contributed by atoms with van der Waals surface area (Å²) in [6.07, 6.45) is 0.687. The van der Waals surface area contributed by atoms with Crippen LogP contribution in [0.1, 0.15) is 28.4 Å². The molecule has 0 bridgehead atoms. The van der Waals surface area contributed by atoms with Crippen LogP contribution in [0.25, 0.3) is 0 Å². The van der Waals surface area contributed by atoms with Gasteiger partial charge in [0.2, 0.25) is 5.91 Å². The summed E-state index contributed by atoms with van der Waals surface area (Å²) in [7, 11) is 0. The first-order chi connectivity index (χ1) is 12.2. The highest BCUT2D eigenvalue weighted by atomic mass is 16.2. The number of amides is 2. The molecular weight excluding hydrogens is 316 g/mol. The number of rotatable bonds is 6. The lowest BCUT2D eigenvalue weighted by Gasteiger charge is -2.11. The van der Waals surface area contributed by atoms with Crippen molar-refractivity contribution in [3.05, 3.63) is 71.8 Å². The molecule has 1 heterocycles. The van der Waals surface area contributed by atoms with E-state index in [2.05, 4.69) is 21.5 Å². The van der Waals surface area contributed by atoms with E-state index in [9.17, 15) is 9.59 Å². The number of carbonyl (C=O) groups excluding carboxylic acids is 2. The van der Waals surface area contributed by atoms with Gasteiger partial charge in [-0.05, 0) is 24.1 Å². The third-order valence-corrected chi connectivity index (χ3v) is 4.17. The molecule has 1 aliphatic heterocycles. The summed E-state index contributed by atoms with van der Waals surface area (Å²) in [6, 6.07) is 18.9. The highest BCUT2D eigenvalue weighted by Crippen LogP contribution is 2.21. The Morgan fingerprint density at radius 1 is 0.880 bits per heavy atom. The van der Waals surface area contributed by atoms with Crippen LogP contribution in [0.15, 0.2) is 60.7 Å². The van der Waals surface area contributed by atoms with Crippen LogP contribution in [0.5, 0.6) is 0 Å². The van der Waals surface area contributed by atoms with Crippen molar-refractivity contribution >= 4 is 11.8 Å². The molecule has 25 heavy (non-hydrogen) atoms. The van der Waals surface area contributed by atoms with Gasteiger partial charge in [-0.15, -0.1) is 0 Å². The zero-order valence-corrected chi connectivity index (χ0v) is 13.9. The predicted molar refractivity (Wildman–Crippen MR) is 95.6 cm³/mol. The molecule has 1 aliphatic rings. The largest absolute Gasteiger partial charge is 0.353 e. The molecule has 4 N–H and O–H groups in total. The summed E-state index contributed by atoms with van der Waals surface area (Å²) in [6.45, 7) is 0.785. The number of nitrogens with one attached hydrogen (secondary N) is 4. The minimum absolute atomic E-state index is 0.0695. The maximum Gasteiger partial charge on any atom is 0.251 e. The normalized spacial score (nSPS) is 19.4. The maximum absolute atomic E-state index is 12.2. The van der Waals surface area contributed by atoms with Gasteiger partial charge in [-0.25, -0.2) is 10.9 Å². The Labute approximate surface area is 147 Å². The van der Waals surface area contributed by atoms with Gasteiger partial charge in [-0.1, -0.05) is 48.5 Å². The Bertz CT molecular complexity index is 706. The molecule has 2 unspecified atom stereocenters. The van der Waals surface area contributed by atoms with E-state index < -0.39 is 0 Å². The Hall–Kier alpha value is -2.70. The lowest BCUT2D eigenvalue weighted by Crippen LogP contribution is -2.45. The van der Waals surface area contributed by atoms with Crippen LogP contribution in [-0.2, 0) is 4.79 Å². The molecule has 6 heteroatoms. The van der Waals surface area contributed by atoms with Crippen LogP contribution in [-0.4, -0.2) is 30.9 Å². The average Bonchev–Trinajstić information content (AvgIpc) is 3.16. The lowest BCUT2D eigenvalue weighted by atomic mass is 10.0. The smallest absolute Gasteiger partial charge is 0.251 e.